The number of hydrogen-bond donors (Lipinski definition) is 4. The van der Waals surface area contributed by atoms with Crippen molar-refractivity contribution < 1.29 is 29.4 Å². The van der Waals surface area contributed by atoms with E-state index in [1.807, 2.05) is 0 Å². The molecule has 0 aliphatic rings. The Hall–Kier alpha value is -2.32. The van der Waals surface area contributed by atoms with Crippen LogP contribution in [0.25, 0.3) is 0 Å². The molecule has 0 heterocycles. The van der Waals surface area contributed by atoms with Gasteiger partial charge in [0.2, 0.25) is 5.91 Å². The molecule has 0 aliphatic carbocycles. The molecule has 0 aliphatic heterocycles. The fourth-order valence-corrected chi connectivity index (χ4v) is 1.43. The molecule has 0 radical (unpaired) electrons. The Labute approximate surface area is 122 Å². The number of aliphatic carboxylic acids is 2. The Morgan fingerprint density at radius 3 is 2.19 bits per heavy atom. The van der Waals surface area contributed by atoms with Crippen LogP contribution < -0.4 is 10.6 Å². The molecule has 0 saturated heterocycles. The molecule has 9 nitrogen and oxygen atoms in total. The van der Waals surface area contributed by atoms with Crippen molar-refractivity contribution in [1.82, 2.24) is 15.5 Å². The number of carbonyl (C=O) groups excluding carboxylic acids is 2. The molecule has 0 aromatic rings. The number of carbonyl (C=O) groups is 4. The van der Waals surface area contributed by atoms with Crippen LogP contribution in [-0.2, 0) is 14.4 Å². The van der Waals surface area contributed by atoms with E-state index in [9.17, 15) is 19.2 Å². The van der Waals surface area contributed by atoms with E-state index >= 15 is 0 Å². The molecule has 1 atom stereocenters. The molecule has 4 N–H and O–H groups in total. The lowest BCUT2D eigenvalue weighted by molar-refractivity contribution is -0.140. The Morgan fingerprint density at radius 1 is 1.10 bits per heavy atom. The standard InChI is InChI=1S/C12H21N3O6/c1-15(2)9(16)6-7-13-12(21)14-8(11(19)20)4-3-5-10(17)18/h8H,3-7H2,1-2H3,(H,17,18)(H,19,20)(H2,13,14,21)/t8-/m1/s1. The van der Waals surface area contributed by atoms with E-state index in [1.54, 1.807) is 14.1 Å². The zero-order valence-electron chi connectivity index (χ0n) is 12.1. The summed E-state index contributed by atoms with van der Waals surface area (Å²) in [7, 11) is 3.18. The predicted octanol–water partition coefficient (Wildman–Crippen LogP) is -0.528. The number of nitrogens with zero attached hydrogens (tertiary/aromatic N) is 1. The predicted molar refractivity (Wildman–Crippen MR) is 72.8 cm³/mol. The molecule has 0 unspecified atom stereocenters. The van der Waals surface area contributed by atoms with Crippen LogP contribution in [0.3, 0.4) is 0 Å². The molecule has 3 amide bonds. The second-order valence-corrected chi connectivity index (χ2v) is 4.62. The highest BCUT2D eigenvalue weighted by Gasteiger charge is 2.19. The molecular weight excluding hydrogens is 282 g/mol. The summed E-state index contributed by atoms with van der Waals surface area (Å²) >= 11 is 0. The van der Waals surface area contributed by atoms with E-state index < -0.39 is 24.0 Å². The summed E-state index contributed by atoms with van der Waals surface area (Å²) in [6, 6.07) is -1.86. The normalized spacial score (nSPS) is 11.3. The first-order valence-corrected chi connectivity index (χ1v) is 6.43. The van der Waals surface area contributed by atoms with E-state index in [0.29, 0.717) is 0 Å². The lowest BCUT2D eigenvalue weighted by atomic mass is 10.1. The topological polar surface area (TPSA) is 136 Å². The van der Waals surface area contributed by atoms with Gasteiger partial charge >= 0.3 is 18.0 Å². The Kier molecular flexibility index (Phi) is 8.51. The minimum Gasteiger partial charge on any atom is -0.481 e. The summed E-state index contributed by atoms with van der Waals surface area (Å²) in [6.45, 7) is 0.0876. The van der Waals surface area contributed by atoms with Gasteiger partial charge in [0, 0.05) is 33.5 Å². The first-order valence-electron chi connectivity index (χ1n) is 6.43. The van der Waals surface area contributed by atoms with Gasteiger partial charge in [-0.2, -0.15) is 0 Å². The van der Waals surface area contributed by atoms with Gasteiger partial charge < -0.3 is 25.7 Å². The highest BCUT2D eigenvalue weighted by molar-refractivity contribution is 5.83. The Bertz CT molecular complexity index is 396. The van der Waals surface area contributed by atoms with Crippen molar-refractivity contribution in [1.29, 1.82) is 0 Å². The zero-order valence-corrected chi connectivity index (χ0v) is 12.1. The quantitative estimate of drug-likeness (QED) is 0.452. The largest absolute Gasteiger partial charge is 0.481 e. The molecule has 0 spiro atoms. The van der Waals surface area contributed by atoms with Crippen molar-refractivity contribution in [2.45, 2.75) is 31.7 Å². The van der Waals surface area contributed by atoms with Crippen molar-refractivity contribution in [2.24, 2.45) is 0 Å². The van der Waals surface area contributed by atoms with Crippen LogP contribution in [0, 0.1) is 0 Å². The van der Waals surface area contributed by atoms with E-state index in [4.69, 9.17) is 10.2 Å². The molecule has 120 valence electrons. The maximum absolute atomic E-state index is 11.5. The Morgan fingerprint density at radius 2 is 1.71 bits per heavy atom. The number of nitrogens with one attached hydrogen (secondary N) is 2. The highest BCUT2D eigenvalue weighted by atomic mass is 16.4. The third-order valence-corrected chi connectivity index (χ3v) is 2.61. The summed E-state index contributed by atoms with van der Waals surface area (Å²) in [5.74, 6) is -2.42. The van der Waals surface area contributed by atoms with E-state index in [0.717, 1.165) is 0 Å². The molecule has 0 aromatic heterocycles. The summed E-state index contributed by atoms with van der Waals surface area (Å²) in [5.41, 5.74) is 0. The number of carboxylic acids is 2. The van der Waals surface area contributed by atoms with Crippen LogP contribution in [0.5, 0.6) is 0 Å². The van der Waals surface area contributed by atoms with Crippen molar-refractivity contribution in [3.63, 3.8) is 0 Å². The van der Waals surface area contributed by atoms with Gasteiger partial charge in [-0.25, -0.2) is 9.59 Å². The summed E-state index contributed by atoms with van der Waals surface area (Å²) in [6.07, 6.45) is 0.110. The van der Waals surface area contributed by atoms with Crippen LogP contribution in [0.4, 0.5) is 4.79 Å². The average Bonchev–Trinajstić information content (AvgIpc) is 2.36. The van der Waals surface area contributed by atoms with Crippen molar-refractivity contribution in [3.05, 3.63) is 0 Å². The van der Waals surface area contributed by atoms with Gasteiger partial charge in [-0.15, -0.1) is 0 Å². The Balaban J connectivity index is 4.08. The van der Waals surface area contributed by atoms with Gasteiger partial charge in [0.15, 0.2) is 0 Å². The van der Waals surface area contributed by atoms with Crippen LogP contribution in [-0.4, -0.2) is 65.7 Å². The molecule has 0 rings (SSSR count). The van der Waals surface area contributed by atoms with Crippen molar-refractivity contribution in [2.75, 3.05) is 20.6 Å². The zero-order chi connectivity index (χ0) is 16.4. The van der Waals surface area contributed by atoms with Gasteiger partial charge in [0.05, 0.1) is 0 Å². The molecule has 21 heavy (non-hydrogen) atoms. The molecule has 0 bridgehead atoms. The maximum atomic E-state index is 11.5. The molecule has 0 aromatic carbocycles. The smallest absolute Gasteiger partial charge is 0.326 e. The number of hydrogen-bond acceptors (Lipinski definition) is 4. The molecule has 0 fully saturated rings. The van der Waals surface area contributed by atoms with Gasteiger partial charge in [-0.1, -0.05) is 0 Å². The van der Waals surface area contributed by atoms with Gasteiger partial charge in [0.25, 0.3) is 0 Å². The first kappa shape index (κ1) is 18.7. The fraction of sp³-hybridized carbons (Fsp3) is 0.667. The van der Waals surface area contributed by atoms with Crippen LogP contribution in [0.2, 0.25) is 0 Å². The summed E-state index contributed by atoms with van der Waals surface area (Å²) in [4.78, 5) is 45.4. The van der Waals surface area contributed by atoms with Crippen LogP contribution in [0.15, 0.2) is 0 Å². The highest BCUT2D eigenvalue weighted by Crippen LogP contribution is 2.01. The van der Waals surface area contributed by atoms with Gasteiger partial charge in [0.1, 0.15) is 6.04 Å². The second kappa shape index (κ2) is 9.56. The fourth-order valence-electron chi connectivity index (χ4n) is 1.43. The number of amides is 3. The summed E-state index contributed by atoms with van der Waals surface area (Å²) in [5, 5.41) is 22.0. The van der Waals surface area contributed by atoms with E-state index in [2.05, 4.69) is 10.6 Å². The van der Waals surface area contributed by atoms with Crippen molar-refractivity contribution in [3.8, 4) is 0 Å². The van der Waals surface area contributed by atoms with Gasteiger partial charge in [-0.05, 0) is 12.8 Å². The SMILES string of the molecule is CN(C)C(=O)CCNC(=O)N[C@H](CCCC(=O)O)C(=O)O. The maximum Gasteiger partial charge on any atom is 0.326 e. The first-order chi connectivity index (χ1) is 9.73. The third-order valence-electron chi connectivity index (χ3n) is 2.61. The van der Waals surface area contributed by atoms with Crippen LogP contribution in [0.1, 0.15) is 25.7 Å². The second-order valence-electron chi connectivity index (χ2n) is 4.62. The molecular formula is C12H21N3O6. The van der Waals surface area contributed by atoms with Crippen molar-refractivity contribution >= 4 is 23.9 Å². The molecule has 0 saturated carbocycles. The molecule has 9 heteroatoms. The third kappa shape index (κ3) is 9.25. The monoisotopic (exact) mass is 303 g/mol. The van der Waals surface area contributed by atoms with E-state index in [1.165, 1.54) is 4.90 Å². The van der Waals surface area contributed by atoms with E-state index in [-0.39, 0.29) is 38.1 Å². The minimum absolute atomic E-state index is 0.0195. The lowest BCUT2D eigenvalue weighted by Gasteiger charge is -2.15. The number of urea groups is 1. The van der Waals surface area contributed by atoms with Crippen LogP contribution >= 0.6 is 0 Å². The lowest BCUT2D eigenvalue weighted by Crippen LogP contribution is -2.46. The number of carboxylic acid groups (broad SMARTS) is 2. The van der Waals surface area contributed by atoms with Gasteiger partial charge in [-0.3, -0.25) is 9.59 Å². The minimum atomic E-state index is -1.24. The average molecular weight is 303 g/mol. The number of rotatable bonds is 9. The summed E-state index contributed by atoms with van der Waals surface area (Å²) < 4.78 is 0.